The zero-order valence-electron chi connectivity index (χ0n) is 11.5. The Bertz CT molecular complexity index is 689. The highest BCUT2D eigenvalue weighted by atomic mass is 16.1. The number of aromatic nitrogens is 2. The third-order valence-corrected chi connectivity index (χ3v) is 3.71. The molecule has 0 aliphatic carbocycles. The first-order chi connectivity index (χ1) is 9.54. The average molecular weight is 271 g/mol. The van der Waals surface area contributed by atoms with Crippen LogP contribution in [0, 0.1) is 6.92 Å². The van der Waals surface area contributed by atoms with Gasteiger partial charge < -0.3 is 16.4 Å². The molecule has 3 rings (SSSR count). The van der Waals surface area contributed by atoms with Crippen molar-refractivity contribution in [1.82, 2.24) is 9.78 Å². The average Bonchev–Trinajstić information content (AvgIpc) is 2.90. The first-order valence-electron chi connectivity index (χ1n) is 6.48. The summed E-state index contributed by atoms with van der Waals surface area (Å²) >= 11 is 0. The molecular formula is C14H17N5O. The highest BCUT2D eigenvalue weighted by Crippen LogP contribution is 2.31. The molecule has 1 aliphatic heterocycles. The van der Waals surface area contributed by atoms with Gasteiger partial charge in [0.2, 0.25) is 5.91 Å². The molecule has 4 N–H and O–H groups in total. The van der Waals surface area contributed by atoms with Crippen molar-refractivity contribution in [2.75, 3.05) is 16.4 Å². The summed E-state index contributed by atoms with van der Waals surface area (Å²) in [4.78, 5) is 11.4. The summed E-state index contributed by atoms with van der Waals surface area (Å²) in [6.07, 6.45) is 2.25. The molecule has 104 valence electrons. The van der Waals surface area contributed by atoms with Gasteiger partial charge in [0.1, 0.15) is 0 Å². The lowest BCUT2D eigenvalue weighted by Crippen LogP contribution is -2.05. The van der Waals surface area contributed by atoms with Gasteiger partial charge in [0.25, 0.3) is 0 Å². The van der Waals surface area contributed by atoms with E-state index in [9.17, 15) is 4.79 Å². The van der Waals surface area contributed by atoms with Crippen LogP contribution < -0.4 is 16.4 Å². The van der Waals surface area contributed by atoms with Gasteiger partial charge >= 0.3 is 0 Å². The van der Waals surface area contributed by atoms with Crippen LogP contribution in [-0.2, 0) is 24.8 Å². The molecule has 1 aromatic carbocycles. The van der Waals surface area contributed by atoms with Crippen LogP contribution in [0.15, 0.2) is 18.3 Å². The lowest BCUT2D eigenvalue weighted by atomic mass is 10.1. The van der Waals surface area contributed by atoms with Gasteiger partial charge in [-0.25, -0.2) is 0 Å². The fourth-order valence-electron chi connectivity index (χ4n) is 2.35. The van der Waals surface area contributed by atoms with Gasteiger partial charge in [0.05, 0.1) is 24.0 Å². The maximum atomic E-state index is 11.4. The summed E-state index contributed by atoms with van der Waals surface area (Å²) in [6, 6.07) is 3.74. The largest absolute Gasteiger partial charge is 0.397 e. The number of amides is 1. The number of fused-ring (bicyclic) bond motifs is 1. The van der Waals surface area contributed by atoms with Crippen molar-refractivity contribution in [3.8, 4) is 0 Å². The summed E-state index contributed by atoms with van der Waals surface area (Å²) < 4.78 is 1.84. The van der Waals surface area contributed by atoms with Crippen molar-refractivity contribution < 1.29 is 4.79 Å². The second-order valence-electron chi connectivity index (χ2n) is 5.05. The number of rotatable bonds is 3. The first-order valence-corrected chi connectivity index (χ1v) is 6.48. The number of aryl methyl sites for hydroxylation is 1. The zero-order chi connectivity index (χ0) is 14.3. The Labute approximate surface area is 117 Å². The third kappa shape index (κ3) is 2.09. The number of hydrogen-bond acceptors (Lipinski definition) is 4. The second-order valence-corrected chi connectivity index (χ2v) is 5.05. The maximum Gasteiger partial charge on any atom is 0.228 e. The van der Waals surface area contributed by atoms with Gasteiger partial charge in [0, 0.05) is 30.5 Å². The predicted octanol–water partition coefficient (Wildman–Crippen LogP) is 1.42. The van der Waals surface area contributed by atoms with E-state index in [0.717, 1.165) is 28.2 Å². The van der Waals surface area contributed by atoms with Gasteiger partial charge in [-0.1, -0.05) is 0 Å². The maximum absolute atomic E-state index is 11.4. The minimum absolute atomic E-state index is 0.0136. The van der Waals surface area contributed by atoms with Crippen molar-refractivity contribution in [3.05, 3.63) is 35.2 Å². The Balaban J connectivity index is 1.80. The summed E-state index contributed by atoms with van der Waals surface area (Å²) in [7, 11) is 1.91. The molecule has 6 heteroatoms. The van der Waals surface area contributed by atoms with Crippen molar-refractivity contribution in [3.63, 3.8) is 0 Å². The summed E-state index contributed by atoms with van der Waals surface area (Å²) in [5.41, 5.74) is 11.5. The molecule has 0 spiro atoms. The Kier molecular flexibility index (Phi) is 2.85. The number of hydrogen-bond donors (Lipinski definition) is 3. The van der Waals surface area contributed by atoms with E-state index in [4.69, 9.17) is 5.73 Å². The Morgan fingerprint density at radius 2 is 2.30 bits per heavy atom. The number of nitrogens with one attached hydrogen (secondary N) is 2. The van der Waals surface area contributed by atoms with Gasteiger partial charge in [-0.3, -0.25) is 9.48 Å². The number of benzene rings is 1. The lowest BCUT2D eigenvalue weighted by molar-refractivity contribution is -0.115. The monoisotopic (exact) mass is 271 g/mol. The van der Waals surface area contributed by atoms with Crippen molar-refractivity contribution in [1.29, 1.82) is 0 Å². The van der Waals surface area contributed by atoms with E-state index < -0.39 is 0 Å². The SMILES string of the molecule is Cc1c(CNc2cc3c(cc2N)CC(=O)N3)cnn1C. The molecular weight excluding hydrogens is 254 g/mol. The van der Waals surface area contributed by atoms with Crippen molar-refractivity contribution in [2.24, 2.45) is 7.05 Å². The number of carbonyl (C=O) groups excluding carboxylic acids is 1. The minimum atomic E-state index is 0.0136. The van der Waals surface area contributed by atoms with E-state index in [0.29, 0.717) is 18.7 Å². The van der Waals surface area contributed by atoms with Crippen LogP contribution in [-0.4, -0.2) is 15.7 Å². The molecule has 1 aliphatic rings. The minimum Gasteiger partial charge on any atom is -0.397 e. The van der Waals surface area contributed by atoms with Crippen LogP contribution >= 0.6 is 0 Å². The molecule has 1 aromatic heterocycles. The van der Waals surface area contributed by atoms with E-state index in [2.05, 4.69) is 15.7 Å². The molecule has 0 atom stereocenters. The number of nitrogens with two attached hydrogens (primary N) is 1. The molecule has 0 radical (unpaired) electrons. The molecule has 20 heavy (non-hydrogen) atoms. The first kappa shape index (κ1) is 12.5. The number of carbonyl (C=O) groups is 1. The van der Waals surface area contributed by atoms with E-state index in [1.807, 2.05) is 37.0 Å². The van der Waals surface area contributed by atoms with Gasteiger partial charge in [-0.2, -0.15) is 5.10 Å². The fraction of sp³-hybridized carbons (Fsp3) is 0.286. The quantitative estimate of drug-likeness (QED) is 0.737. The van der Waals surface area contributed by atoms with Crippen LogP contribution in [0.4, 0.5) is 17.1 Å². The second kappa shape index (κ2) is 4.56. The molecule has 0 saturated carbocycles. The van der Waals surface area contributed by atoms with E-state index in [1.54, 1.807) is 0 Å². The molecule has 6 nitrogen and oxygen atoms in total. The standard InChI is InChI=1S/C14H17N5O/c1-8-10(7-17-19(8)2)6-16-13-5-12-9(3-11(13)15)4-14(20)18-12/h3,5,7,16H,4,6,15H2,1-2H3,(H,18,20). The molecule has 1 amide bonds. The van der Waals surface area contributed by atoms with E-state index in [1.165, 1.54) is 0 Å². The van der Waals surface area contributed by atoms with Crippen LogP contribution in [0.3, 0.4) is 0 Å². The van der Waals surface area contributed by atoms with Crippen LogP contribution in [0.2, 0.25) is 0 Å². The van der Waals surface area contributed by atoms with Gasteiger partial charge in [-0.05, 0) is 24.6 Å². The highest BCUT2D eigenvalue weighted by Gasteiger charge is 2.19. The van der Waals surface area contributed by atoms with Crippen molar-refractivity contribution >= 4 is 23.0 Å². The van der Waals surface area contributed by atoms with Crippen LogP contribution in [0.25, 0.3) is 0 Å². The topological polar surface area (TPSA) is 85.0 Å². The highest BCUT2D eigenvalue weighted by molar-refractivity contribution is 6.00. The van der Waals surface area contributed by atoms with Gasteiger partial charge in [-0.15, -0.1) is 0 Å². The van der Waals surface area contributed by atoms with Gasteiger partial charge in [0.15, 0.2) is 0 Å². The molecule has 0 fully saturated rings. The molecule has 0 saturated heterocycles. The Hall–Kier alpha value is -2.50. The summed E-state index contributed by atoms with van der Waals surface area (Å²) in [5, 5.41) is 10.3. The number of anilines is 3. The van der Waals surface area contributed by atoms with E-state index >= 15 is 0 Å². The summed E-state index contributed by atoms with van der Waals surface area (Å²) in [6.45, 7) is 2.67. The zero-order valence-corrected chi connectivity index (χ0v) is 11.5. The normalized spacial score (nSPS) is 13.2. The Morgan fingerprint density at radius 1 is 1.50 bits per heavy atom. The third-order valence-electron chi connectivity index (χ3n) is 3.71. The van der Waals surface area contributed by atoms with Crippen molar-refractivity contribution in [2.45, 2.75) is 19.9 Å². The fourth-order valence-corrected chi connectivity index (χ4v) is 2.35. The molecule has 0 bridgehead atoms. The molecule has 2 heterocycles. The Morgan fingerprint density at radius 3 is 3.00 bits per heavy atom. The number of nitrogen functional groups attached to an aromatic ring is 1. The van der Waals surface area contributed by atoms with Crippen LogP contribution in [0.1, 0.15) is 16.8 Å². The number of nitrogens with zero attached hydrogens (tertiary/aromatic N) is 2. The molecule has 2 aromatic rings. The van der Waals surface area contributed by atoms with Crippen LogP contribution in [0.5, 0.6) is 0 Å². The smallest absolute Gasteiger partial charge is 0.228 e. The van der Waals surface area contributed by atoms with E-state index in [-0.39, 0.29) is 5.91 Å². The predicted molar refractivity (Wildman–Crippen MR) is 78.5 cm³/mol. The lowest BCUT2D eigenvalue weighted by Gasteiger charge is -2.11. The summed E-state index contributed by atoms with van der Waals surface area (Å²) in [5.74, 6) is 0.0136. The molecule has 0 unspecified atom stereocenters.